The standard InChI is InChI=1S/C20H19N3O5/c24-18-16(19(25)23(20(26)21-18)13-15-5-3-9-28-15)12-14-4-1-2-6-17(14)22-7-10-27-11-8-22/h1-6,9,12H,7-8,10-11,13H2,(H,21,24,26). The number of hydrogen-bond acceptors (Lipinski definition) is 6. The number of barbiturate groups is 1. The van der Waals surface area contributed by atoms with Gasteiger partial charge in [-0.2, -0.15) is 0 Å². The van der Waals surface area contributed by atoms with Gasteiger partial charge in [-0.3, -0.25) is 19.8 Å². The molecule has 0 unspecified atom stereocenters. The number of carbonyl (C=O) groups excluding carboxylic acids is 3. The molecule has 2 saturated heterocycles. The number of ether oxygens (including phenoxy) is 1. The quantitative estimate of drug-likeness (QED) is 0.641. The number of para-hydroxylation sites is 1. The molecule has 0 saturated carbocycles. The number of urea groups is 1. The minimum atomic E-state index is -0.759. The molecule has 2 fully saturated rings. The number of rotatable bonds is 4. The van der Waals surface area contributed by atoms with Gasteiger partial charge >= 0.3 is 6.03 Å². The first-order valence-electron chi connectivity index (χ1n) is 8.96. The van der Waals surface area contributed by atoms with Gasteiger partial charge in [-0.1, -0.05) is 18.2 Å². The molecule has 2 aromatic rings. The molecule has 4 rings (SSSR count). The van der Waals surface area contributed by atoms with Crippen molar-refractivity contribution in [2.24, 2.45) is 0 Å². The number of nitrogens with one attached hydrogen (secondary N) is 1. The molecule has 8 nitrogen and oxygen atoms in total. The summed E-state index contributed by atoms with van der Waals surface area (Å²) in [6, 6.07) is 10.1. The van der Waals surface area contributed by atoms with Crippen molar-refractivity contribution in [1.82, 2.24) is 10.2 Å². The predicted octanol–water partition coefficient (Wildman–Crippen LogP) is 1.78. The number of imide groups is 2. The van der Waals surface area contributed by atoms with E-state index in [0.29, 0.717) is 19.0 Å². The molecule has 28 heavy (non-hydrogen) atoms. The van der Waals surface area contributed by atoms with Gasteiger partial charge in [0.2, 0.25) is 0 Å². The summed E-state index contributed by atoms with van der Waals surface area (Å²) in [5.74, 6) is -0.907. The lowest BCUT2D eigenvalue weighted by molar-refractivity contribution is -0.130. The Kier molecular flexibility index (Phi) is 4.94. The summed E-state index contributed by atoms with van der Waals surface area (Å²) in [4.78, 5) is 40.5. The van der Waals surface area contributed by atoms with Crippen LogP contribution in [0.1, 0.15) is 11.3 Å². The number of benzene rings is 1. The van der Waals surface area contributed by atoms with Crippen molar-refractivity contribution >= 4 is 29.6 Å². The molecule has 1 aromatic heterocycles. The van der Waals surface area contributed by atoms with Gasteiger partial charge in [0.25, 0.3) is 11.8 Å². The predicted molar refractivity (Wildman–Crippen MR) is 100 cm³/mol. The zero-order valence-electron chi connectivity index (χ0n) is 15.1. The number of hydrogen-bond donors (Lipinski definition) is 1. The lowest BCUT2D eigenvalue weighted by atomic mass is 10.0. The van der Waals surface area contributed by atoms with E-state index in [-0.39, 0.29) is 12.1 Å². The molecule has 0 aliphatic carbocycles. The van der Waals surface area contributed by atoms with Gasteiger partial charge in [0, 0.05) is 18.8 Å². The van der Waals surface area contributed by atoms with E-state index in [0.717, 1.165) is 29.2 Å². The van der Waals surface area contributed by atoms with E-state index >= 15 is 0 Å². The summed E-state index contributed by atoms with van der Waals surface area (Å²) in [5.41, 5.74) is 1.55. The fraction of sp³-hybridized carbons (Fsp3) is 0.250. The molecule has 1 N–H and O–H groups in total. The first-order valence-corrected chi connectivity index (χ1v) is 8.96. The first kappa shape index (κ1) is 18.0. The Morgan fingerprint density at radius 3 is 2.57 bits per heavy atom. The van der Waals surface area contributed by atoms with Crippen molar-refractivity contribution in [3.8, 4) is 0 Å². The van der Waals surface area contributed by atoms with Gasteiger partial charge in [-0.15, -0.1) is 0 Å². The van der Waals surface area contributed by atoms with E-state index in [1.807, 2.05) is 24.3 Å². The summed E-state index contributed by atoms with van der Waals surface area (Å²) in [7, 11) is 0. The van der Waals surface area contributed by atoms with Crippen LogP contribution in [0.5, 0.6) is 0 Å². The zero-order valence-corrected chi connectivity index (χ0v) is 15.1. The average molecular weight is 381 g/mol. The first-order chi connectivity index (χ1) is 13.6. The monoisotopic (exact) mass is 381 g/mol. The molecule has 0 bridgehead atoms. The highest BCUT2D eigenvalue weighted by molar-refractivity contribution is 6.31. The molecule has 2 aliphatic rings. The minimum absolute atomic E-state index is 0.0482. The van der Waals surface area contributed by atoms with Crippen LogP contribution in [0.15, 0.2) is 52.7 Å². The normalized spacial score (nSPS) is 19.3. The fourth-order valence-electron chi connectivity index (χ4n) is 3.25. The largest absolute Gasteiger partial charge is 0.467 e. The van der Waals surface area contributed by atoms with Crippen LogP contribution >= 0.6 is 0 Å². The van der Waals surface area contributed by atoms with Gasteiger partial charge in [-0.05, 0) is 29.8 Å². The van der Waals surface area contributed by atoms with E-state index in [1.54, 1.807) is 12.1 Å². The Hall–Kier alpha value is -3.39. The molecule has 8 heteroatoms. The van der Waals surface area contributed by atoms with Crippen molar-refractivity contribution in [3.63, 3.8) is 0 Å². The SMILES string of the molecule is O=C1NC(=O)N(Cc2ccco2)C(=O)C1=Cc1ccccc1N1CCOCC1. The van der Waals surface area contributed by atoms with Crippen molar-refractivity contribution in [2.75, 3.05) is 31.2 Å². The third-order valence-corrected chi connectivity index (χ3v) is 4.67. The van der Waals surface area contributed by atoms with Crippen LogP contribution in [0, 0.1) is 0 Å². The summed E-state index contributed by atoms with van der Waals surface area (Å²) in [5, 5.41) is 2.23. The van der Waals surface area contributed by atoms with Gasteiger partial charge in [-0.25, -0.2) is 4.79 Å². The van der Waals surface area contributed by atoms with E-state index < -0.39 is 17.8 Å². The van der Waals surface area contributed by atoms with Crippen LogP contribution in [0.3, 0.4) is 0 Å². The van der Waals surface area contributed by atoms with E-state index in [2.05, 4.69) is 10.2 Å². The topological polar surface area (TPSA) is 92.1 Å². The Morgan fingerprint density at radius 1 is 1.04 bits per heavy atom. The summed E-state index contributed by atoms with van der Waals surface area (Å²) < 4.78 is 10.6. The van der Waals surface area contributed by atoms with Crippen LogP contribution in [-0.4, -0.2) is 49.0 Å². The molecule has 1 aromatic carbocycles. The second kappa shape index (κ2) is 7.69. The maximum absolute atomic E-state index is 12.9. The van der Waals surface area contributed by atoms with Gasteiger partial charge in [0.05, 0.1) is 26.0 Å². The molecular weight excluding hydrogens is 362 g/mol. The van der Waals surface area contributed by atoms with Gasteiger partial charge in [0.1, 0.15) is 11.3 Å². The van der Waals surface area contributed by atoms with Crippen LogP contribution in [0.2, 0.25) is 0 Å². The number of furan rings is 1. The highest BCUT2D eigenvalue weighted by Gasteiger charge is 2.36. The van der Waals surface area contributed by atoms with Crippen molar-refractivity contribution < 1.29 is 23.5 Å². The fourth-order valence-corrected chi connectivity index (χ4v) is 3.25. The molecule has 0 atom stereocenters. The molecule has 0 radical (unpaired) electrons. The number of morpholine rings is 1. The van der Waals surface area contributed by atoms with Crippen LogP contribution in [0.25, 0.3) is 6.08 Å². The van der Waals surface area contributed by atoms with Gasteiger partial charge in [0.15, 0.2) is 0 Å². The highest BCUT2D eigenvalue weighted by atomic mass is 16.5. The molecule has 0 spiro atoms. The molecule has 144 valence electrons. The number of amides is 4. The van der Waals surface area contributed by atoms with Crippen molar-refractivity contribution in [2.45, 2.75) is 6.54 Å². The maximum Gasteiger partial charge on any atom is 0.331 e. The zero-order chi connectivity index (χ0) is 19.5. The molecular formula is C20H19N3O5. The Morgan fingerprint density at radius 2 is 1.82 bits per heavy atom. The Balaban J connectivity index is 1.65. The van der Waals surface area contributed by atoms with E-state index in [9.17, 15) is 14.4 Å². The number of anilines is 1. The Bertz CT molecular complexity index is 929. The highest BCUT2D eigenvalue weighted by Crippen LogP contribution is 2.25. The summed E-state index contributed by atoms with van der Waals surface area (Å²) in [6.45, 7) is 2.64. The van der Waals surface area contributed by atoms with Crippen molar-refractivity contribution in [3.05, 3.63) is 59.6 Å². The molecule has 4 amide bonds. The second-order valence-electron chi connectivity index (χ2n) is 6.45. The summed E-state index contributed by atoms with van der Waals surface area (Å²) >= 11 is 0. The molecule has 2 aliphatic heterocycles. The summed E-state index contributed by atoms with van der Waals surface area (Å²) in [6.07, 6.45) is 2.99. The third kappa shape index (κ3) is 3.54. The lowest BCUT2D eigenvalue weighted by Crippen LogP contribution is -2.53. The third-order valence-electron chi connectivity index (χ3n) is 4.67. The maximum atomic E-state index is 12.9. The van der Waals surface area contributed by atoms with Crippen molar-refractivity contribution in [1.29, 1.82) is 0 Å². The van der Waals surface area contributed by atoms with E-state index in [4.69, 9.17) is 9.15 Å². The second-order valence-corrected chi connectivity index (χ2v) is 6.45. The lowest BCUT2D eigenvalue weighted by Gasteiger charge is -2.30. The Labute approximate surface area is 161 Å². The molecule has 3 heterocycles. The van der Waals surface area contributed by atoms with Gasteiger partial charge < -0.3 is 14.1 Å². The van der Waals surface area contributed by atoms with Crippen LogP contribution in [0.4, 0.5) is 10.5 Å². The van der Waals surface area contributed by atoms with Crippen LogP contribution < -0.4 is 10.2 Å². The number of carbonyl (C=O) groups is 3. The van der Waals surface area contributed by atoms with Crippen LogP contribution in [-0.2, 0) is 20.9 Å². The van der Waals surface area contributed by atoms with E-state index in [1.165, 1.54) is 12.3 Å². The minimum Gasteiger partial charge on any atom is -0.467 e. The average Bonchev–Trinajstić information content (AvgIpc) is 3.23. The smallest absolute Gasteiger partial charge is 0.331 e. The number of nitrogens with zero attached hydrogens (tertiary/aromatic N) is 2.